The molecule has 3 rings (SSSR count). The van der Waals surface area contributed by atoms with E-state index in [1.165, 1.54) is 6.92 Å². The maximum Gasteiger partial charge on any atom is 0.433 e. The Bertz CT molecular complexity index is 1160. The SMILES string of the molecule is Cc1cc(C(F)(F)F)n2nc(C(=O)Nc3cc(OCC(F)F)cc([N+](=O)[O-])c3)cc2n1. The van der Waals surface area contributed by atoms with Crippen LogP contribution in [0.3, 0.4) is 0 Å². The highest BCUT2D eigenvalue weighted by Crippen LogP contribution is 2.30. The van der Waals surface area contributed by atoms with Gasteiger partial charge in [-0.1, -0.05) is 0 Å². The van der Waals surface area contributed by atoms with Crippen molar-refractivity contribution in [2.75, 3.05) is 11.9 Å². The van der Waals surface area contributed by atoms with E-state index >= 15 is 0 Å². The zero-order valence-electron chi connectivity index (χ0n) is 15.5. The van der Waals surface area contributed by atoms with Gasteiger partial charge in [-0.15, -0.1) is 0 Å². The Morgan fingerprint density at radius 1 is 1.26 bits per heavy atom. The second-order valence-corrected chi connectivity index (χ2v) is 6.21. The van der Waals surface area contributed by atoms with Gasteiger partial charge in [-0.3, -0.25) is 14.9 Å². The minimum atomic E-state index is -4.76. The number of fused-ring (bicyclic) bond motifs is 1. The minimum absolute atomic E-state index is 0.0474. The molecule has 0 spiro atoms. The van der Waals surface area contributed by atoms with E-state index < -0.39 is 47.1 Å². The number of aromatic nitrogens is 3. The van der Waals surface area contributed by atoms with Crippen LogP contribution in [0, 0.1) is 17.0 Å². The molecule has 0 unspecified atom stereocenters. The number of alkyl halides is 5. The number of hydrogen-bond acceptors (Lipinski definition) is 6. The average Bonchev–Trinajstić information content (AvgIpc) is 3.08. The van der Waals surface area contributed by atoms with E-state index in [9.17, 15) is 36.9 Å². The summed E-state index contributed by atoms with van der Waals surface area (Å²) in [5, 5.41) is 16.9. The maximum atomic E-state index is 13.2. The van der Waals surface area contributed by atoms with Crippen molar-refractivity contribution in [2.45, 2.75) is 19.5 Å². The van der Waals surface area contributed by atoms with Crippen LogP contribution in [0.15, 0.2) is 30.3 Å². The highest BCUT2D eigenvalue weighted by atomic mass is 19.4. The number of non-ortho nitro benzene ring substituents is 1. The first-order chi connectivity index (χ1) is 14.4. The smallest absolute Gasteiger partial charge is 0.433 e. The van der Waals surface area contributed by atoms with Crippen LogP contribution in [0.2, 0.25) is 0 Å². The Kier molecular flexibility index (Phi) is 5.73. The summed E-state index contributed by atoms with van der Waals surface area (Å²) in [6, 6.07) is 4.61. The lowest BCUT2D eigenvalue weighted by atomic mass is 10.2. The molecule has 2 aromatic heterocycles. The predicted octanol–water partition coefficient (Wildman–Crippen LogP) is 3.86. The van der Waals surface area contributed by atoms with E-state index in [4.69, 9.17) is 4.74 Å². The maximum absolute atomic E-state index is 13.2. The third kappa shape index (κ3) is 5.02. The van der Waals surface area contributed by atoms with Crippen LogP contribution < -0.4 is 10.1 Å². The molecule has 0 radical (unpaired) electrons. The molecule has 2 heterocycles. The Hall–Kier alpha value is -3.84. The van der Waals surface area contributed by atoms with Gasteiger partial charge in [0.05, 0.1) is 16.7 Å². The molecule has 0 bridgehead atoms. The first-order valence-electron chi connectivity index (χ1n) is 8.40. The number of amides is 1. The molecule has 9 nitrogen and oxygen atoms in total. The van der Waals surface area contributed by atoms with Crippen LogP contribution in [0.5, 0.6) is 5.75 Å². The molecule has 1 aromatic carbocycles. The molecule has 0 fully saturated rings. The van der Waals surface area contributed by atoms with Crippen LogP contribution in [0.4, 0.5) is 33.3 Å². The van der Waals surface area contributed by atoms with Gasteiger partial charge >= 0.3 is 6.18 Å². The van der Waals surface area contributed by atoms with Gasteiger partial charge < -0.3 is 10.1 Å². The van der Waals surface area contributed by atoms with E-state index in [1.54, 1.807) is 0 Å². The Morgan fingerprint density at radius 3 is 2.58 bits per heavy atom. The Morgan fingerprint density at radius 2 is 1.97 bits per heavy atom. The van der Waals surface area contributed by atoms with Crippen LogP contribution in [-0.2, 0) is 6.18 Å². The highest BCUT2D eigenvalue weighted by Gasteiger charge is 2.35. The van der Waals surface area contributed by atoms with Crippen LogP contribution in [-0.4, -0.2) is 38.5 Å². The van der Waals surface area contributed by atoms with Crippen molar-refractivity contribution in [1.29, 1.82) is 0 Å². The van der Waals surface area contributed by atoms with Gasteiger partial charge in [-0.2, -0.15) is 18.3 Å². The molecular weight excluding hydrogens is 433 g/mol. The van der Waals surface area contributed by atoms with Crippen molar-refractivity contribution in [1.82, 2.24) is 14.6 Å². The molecular formula is C17H12F5N5O4. The van der Waals surface area contributed by atoms with Crippen LogP contribution >= 0.6 is 0 Å². The topological polar surface area (TPSA) is 112 Å². The van der Waals surface area contributed by atoms with Gasteiger partial charge in [-0.25, -0.2) is 18.3 Å². The first-order valence-corrected chi connectivity index (χ1v) is 8.40. The summed E-state index contributed by atoms with van der Waals surface area (Å²) in [7, 11) is 0. The number of anilines is 1. The van der Waals surface area contributed by atoms with Gasteiger partial charge in [0.15, 0.2) is 11.3 Å². The van der Waals surface area contributed by atoms with Gasteiger partial charge in [0.1, 0.15) is 18.1 Å². The van der Waals surface area contributed by atoms with Crippen molar-refractivity contribution in [3.8, 4) is 5.75 Å². The van der Waals surface area contributed by atoms with Crippen molar-refractivity contribution in [3.05, 3.63) is 57.5 Å². The van der Waals surface area contributed by atoms with Crippen molar-refractivity contribution >= 4 is 22.9 Å². The molecule has 164 valence electrons. The van der Waals surface area contributed by atoms with Gasteiger partial charge in [-0.05, 0) is 13.0 Å². The van der Waals surface area contributed by atoms with E-state index in [0.29, 0.717) is 4.52 Å². The fraction of sp³-hybridized carbons (Fsp3) is 0.235. The molecule has 0 aliphatic carbocycles. The zero-order chi connectivity index (χ0) is 22.9. The number of rotatable bonds is 6. The average molecular weight is 445 g/mol. The number of carbonyl (C=O) groups is 1. The summed E-state index contributed by atoms with van der Waals surface area (Å²) < 4.78 is 69.5. The third-order valence-corrected chi connectivity index (χ3v) is 3.81. The standard InChI is InChI=1S/C17H12F5N5O4/c1-8-2-13(17(20,21)22)26-15(23-8)6-12(25-26)16(28)24-9-3-10(27(29)30)5-11(4-9)31-7-14(18)19/h2-6,14H,7H2,1H3,(H,24,28). The minimum Gasteiger partial charge on any atom is -0.487 e. The number of benzene rings is 1. The third-order valence-electron chi connectivity index (χ3n) is 3.81. The van der Waals surface area contributed by atoms with Crippen molar-refractivity contribution in [2.24, 2.45) is 0 Å². The van der Waals surface area contributed by atoms with Crippen molar-refractivity contribution < 1.29 is 36.4 Å². The molecule has 0 aliphatic rings. The summed E-state index contributed by atoms with van der Waals surface area (Å²) in [6.45, 7) is 0.304. The van der Waals surface area contributed by atoms with E-state index in [1.807, 2.05) is 0 Å². The number of aryl methyl sites for hydroxylation is 1. The van der Waals surface area contributed by atoms with Crippen molar-refractivity contribution in [3.63, 3.8) is 0 Å². The molecule has 0 atom stereocenters. The summed E-state index contributed by atoms with van der Waals surface area (Å²) in [4.78, 5) is 26.6. The Balaban J connectivity index is 1.94. The predicted molar refractivity (Wildman–Crippen MR) is 95.3 cm³/mol. The van der Waals surface area contributed by atoms with Gasteiger partial charge in [0.25, 0.3) is 18.0 Å². The number of ether oxygens (including phenoxy) is 1. The molecule has 0 aliphatic heterocycles. The second-order valence-electron chi connectivity index (χ2n) is 6.21. The Labute approximate surface area is 169 Å². The number of hydrogen-bond donors (Lipinski definition) is 1. The van der Waals surface area contributed by atoms with E-state index in [0.717, 1.165) is 30.3 Å². The molecule has 1 N–H and O–H groups in total. The van der Waals surface area contributed by atoms with Crippen LogP contribution in [0.1, 0.15) is 21.9 Å². The lowest BCUT2D eigenvalue weighted by Gasteiger charge is -2.09. The lowest BCUT2D eigenvalue weighted by Crippen LogP contribution is -2.16. The molecule has 3 aromatic rings. The largest absolute Gasteiger partial charge is 0.487 e. The lowest BCUT2D eigenvalue weighted by molar-refractivity contribution is -0.384. The number of halogens is 5. The number of nitro benzene ring substituents is 1. The molecule has 31 heavy (non-hydrogen) atoms. The first kappa shape index (κ1) is 21.9. The summed E-state index contributed by atoms with van der Waals surface area (Å²) in [6.07, 6.45) is -7.60. The second kappa shape index (κ2) is 8.12. The highest BCUT2D eigenvalue weighted by molar-refractivity contribution is 6.03. The van der Waals surface area contributed by atoms with E-state index in [2.05, 4.69) is 15.4 Å². The zero-order valence-corrected chi connectivity index (χ0v) is 15.5. The summed E-state index contributed by atoms with van der Waals surface area (Å²) in [5.74, 6) is -1.31. The van der Waals surface area contributed by atoms with E-state index in [-0.39, 0.29) is 22.8 Å². The quantitative estimate of drug-likeness (QED) is 0.350. The number of nitro groups is 1. The van der Waals surface area contributed by atoms with Crippen LogP contribution in [0.25, 0.3) is 5.65 Å². The number of nitrogens with one attached hydrogen (secondary N) is 1. The molecule has 1 amide bonds. The number of carbonyl (C=O) groups excluding carboxylic acids is 1. The normalized spacial score (nSPS) is 11.7. The summed E-state index contributed by atoms with van der Waals surface area (Å²) >= 11 is 0. The fourth-order valence-electron chi connectivity index (χ4n) is 2.61. The summed E-state index contributed by atoms with van der Waals surface area (Å²) in [5.41, 5.74) is -2.56. The van der Waals surface area contributed by atoms with Gasteiger partial charge in [0, 0.05) is 23.9 Å². The fourth-order valence-corrected chi connectivity index (χ4v) is 2.61. The number of nitrogens with zero attached hydrogens (tertiary/aromatic N) is 4. The molecule has 0 saturated heterocycles. The molecule has 0 saturated carbocycles. The molecule has 14 heteroatoms. The monoisotopic (exact) mass is 445 g/mol. The van der Waals surface area contributed by atoms with Gasteiger partial charge in [0.2, 0.25) is 0 Å².